The lowest BCUT2D eigenvalue weighted by atomic mass is 10.1. The second-order valence-corrected chi connectivity index (χ2v) is 4.51. The number of hydrogen-bond donors (Lipinski definition) is 1. The van der Waals surface area contributed by atoms with Crippen LogP contribution in [-0.4, -0.2) is 29.2 Å². The van der Waals surface area contributed by atoms with Crippen molar-refractivity contribution in [3.63, 3.8) is 0 Å². The molecule has 0 aliphatic carbocycles. The van der Waals surface area contributed by atoms with E-state index >= 15 is 0 Å². The molecule has 0 aromatic carbocycles. The fourth-order valence-electron chi connectivity index (χ4n) is 1.03. The van der Waals surface area contributed by atoms with Crippen molar-refractivity contribution in [1.82, 2.24) is 4.98 Å². The summed E-state index contributed by atoms with van der Waals surface area (Å²) in [5.41, 5.74) is -0.501. The minimum absolute atomic E-state index is 0.133. The predicted octanol–water partition coefficient (Wildman–Crippen LogP) is 2.48. The van der Waals surface area contributed by atoms with Gasteiger partial charge in [-0.15, -0.1) is 0 Å². The van der Waals surface area contributed by atoms with Gasteiger partial charge in [-0.05, 0) is 13.8 Å². The normalized spacial score (nSPS) is 11.3. The SMILES string of the molecule is COC(C)(C)CNc1ncc([N+](=O)[O-])cc1Cl. The Kier molecular flexibility index (Phi) is 4.25. The van der Waals surface area contributed by atoms with Gasteiger partial charge >= 0.3 is 0 Å². The maximum atomic E-state index is 10.5. The lowest BCUT2D eigenvalue weighted by Crippen LogP contribution is -2.32. The van der Waals surface area contributed by atoms with Crippen LogP contribution >= 0.6 is 11.6 Å². The number of anilines is 1. The molecule has 1 rings (SSSR count). The Labute approximate surface area is 104 Å². The molecule has 0 unspecified atom stereocenters. The monoisotopic (exact) mass is 259 g/mol. The Morgan fingerprint density at radius 3 is 2.76 bits per heavy atom. The highest BCUT2D eigenvalue weighted by molar-refractivity contribution is 6.33. The molecule has 1 aromatic rings. The minimum Gasteiger partial charge on any atom is -0.377 e. The first-order chi connectivity index (χ1) is 7.85. The molecule has 94 valence electrons. The number of pyridine rings is 1. The average molecular weight is 260 g/mol. The number of hydrogen-bond acceptors (Lipinski definition) is 5. The summed E-state index contributed by atoms with van der Waals surface area (Å²) >= 11 is 5.88. The van der Waals surface area contributed by atoms with Crippen LogP contribution in [0.25, 0.3) is 0 Å². The number of nitro groups is 1. The van der Waals surface area contributed by atoms with E-state index in [9.17, 15) is 10.1 Å². The van der Waals surface area contributed by atoms with Crippen molar-refractivity contribution in [2.24, 2.45) is 0 Å². The molecule has 0 atom stereocenters. The average Bonchev–Trinajstić information content (AvgIpc) is 2.27. The van der Waals surface area contributed by atoms with Gasteiger partial charge in [0.1, 0.15) is 12.0 Å². The molecule has 7 heteroatoms. The van der Waals surface area contributed by atoms with Gasteiger partial charge in [-0.2, -0.15) is 0 Å². The van der Waals surface area contributed by atoms with Crippen molar-refractivity contribution >= 4 is 23.1 Å². The second kappa shape index (κ2) is 5.29. The van der Waals surface area contributed by atoms with Gasteiger partial charge in [-0.3, -0.25) is 10.1 Å². The van der Waals surface area contributed by atoms with Crippen LogP contribution in [0.5, 0.6) is 0 Å². The molecule has 0 bridgehead atoms. The molecule has 0 aliphatic rings. The number of methoxy groups -OCH3 is 1. The van der Waals surface area contributed by atoms with Gasteiger partial charge in [0.25, 0.3) is 5.69 Å². The van der Waals surface area contributed by atoms with Crippen LogP contribution in [0.15, 0.2) is 12.3 Å². The topological polar surface area (TPSA) is 77.3 Å². The quantitative estimate of drug-likeness (QED) is 0.649. The van der Waals surface area contributed by atoms with Crippen molar-refractivity contribution in [3.8, 4) is 0 Å². The van der Waals surface area contributed by atoms with E-state index in [-0.39, 0.29) is 16.3 Å². The number of rotatable bonds is 5. The second-order valence-electron chi connectivity index (χ2n) is 4.10. The molecule has 17 heavy (non-hydrogen) atoms. The van der Waals surface area contributed by atoms with Crippen LogP contribution in [0.4, 0.5) is 11.5 Å². The fourth-order valence-corrected chi connectivity index (χ4v) is 1.25. The summed E-state index contributed by atoms with van der Waals surface area (Å²) in [6, 6.07) is 1.26. The van der Waals surface area contributed by atoms with Gasteiger partial charge < -0.3 is 10.1 Å². The van der Waals surface area contributed by atoms with E-state index in [0.717, 1.165) is 6.20 Å². The van der Waals surface area contributed by atoms with Crippen molar-refractivity contribution in [3.05, 3.63) is 27.4 Å². The van der Waals surface area contributed by atoms with E-state index in [1.165, 1.54) is 6.07 Å². The first-order valence-electron chi connectivity index (χ1n) is 4.95. The van der Waals surface area contributed by atoms with E-state index in [2.05, 4.69) is 10.3 Å². The molecule has 0 aliphatic heterocycles. The summed E-state index contributed by atoms with van der Waals surface area (Å²) < 4.78 is 5.22. The lowest BCUT2D eigenvalue weighted by molar-refractivity contribution is -0.385. The van der Waals surface area contributed by atoms with Gasteiger partial charge in [-0.25, -0.2) is 4.98 Å². The molecule has 0 radical (unpaired) electrons. The molecule has 0 amide bonds. The molecule has 1 heterocycles. The number of ether oxygens (including phenoxy) is 1. The maximum Gasteiger partial charge on any atom is 0.289 e. The van der Waals surface area contributed by atoms with Gasteiger partial charge in [0, 0.05) is 19.7 Å². The van der Waals surface area contributed by atoms with E-state index < -0.39 is 4.92 Å². The highest BCUT2D eigenvalue weighted by Crippen LogP contribution is 2.24. The summed E-state index contributed by atoms with van der Waals surface area (Å²) in [7, 11) is 1.60. The Bertz CT molecular complexity index is 423. The van der Waals surface area contributed by atoms with Crippen molar-refractivity contribution < 1.29 is 9.66 Å². The van der Waals surface area contributed by atoms with E-state index in [1.807, 2.05) is 13.8 Å². The molecule has 1 N–H and O–H groups in total. The van der Waals surface area contributed by atoms with Gasteiger partial charge in [-0.1, -0.05) is 11.6 Å². The lowest BCUT2D eigenvalue weighted by Gasteiger charge is -2.23. The van der Waals surface area contributed by atoms with Crippen molar-refractivity contribution in [2.45, 2.75) is 19.4 Å². The third-order valence-electron chi connectivity index (χ3n) is 2.27. The zero-order valence-electron chi connectivity index (χ0n) is 9.86. The molecule has 0 fully saturated rings. The Balaban J connectivity index is 2.77. The standard InChI is InChI=1S/C10H14ClN3O3/c1-10(2,17-3)6-13-9-8(11)4-7(5-12-9)14(15)16/h4-5H,6H2,1-3H3,(H,12,13). The van der Waals surface area contributed by atoms with Gasteiger partial charge in [0.15, 0.2) is 0 Å². The third kappa shape index (κ3) is 3.83. The van der Waals surface area contributed by atoms with E-state index in [4.69, 9.17) is 16.3 Å². The van der Waals surface area contributed by atoms with E-state index in [0.29, 0.717) is 12.4 Å². The zero-order chi connectivity index (χ0) is 13.1. The zero-order valence-corrected chi connectivity index (χ0v) is 10.6. The van der Waals surface area contributed by atoms with Crippen LogP contribution in [0.1, 0.15) is 13.8 Å². The smallest absolute Gasteiger partial charge is 0.289 e. The largest absolute Gasteiger partial charge is 0.377 e. The Morgan fingerprint density at radius 1 is 1.65 bits per heavy atom. The molecule has 1 aromatic heterocycles. The Morgan fingerprint density at radius 2 is 2.29 bits per heavy atom. The number of aromatic nitrogens is 1. The summed E-state index contributed by atoms with van der Waals surface area (Å²) in [5, 5.41) is 13.7. The molecule has 0 saturated heterocycles. The highest BCUT2D eigenvalue weighted by atomic mass is 35.5. The van der Waals surface area contributed by atoms with Crippen LogP contribution in [-0.2, 0) is 4.74 Å². The third-order valence-corrected chi connectivity index (χ3v) is 2.56. The van der Waals surface area contributed by atoms with Crippen LogP contribution in [0.3, 0.4) is 0 Å². The van der Waals surface area contributed by atoms with Crippen molar-refractivity contribution in [2.75, 3.05) is 19.0 Å². The summed E-state index contributed by atoms with van der Waals surface area (Å²) in [5.74, 6) is 0.405. The van der Waals surface area contributed by atoms with Crippen LogP contribution < -0.4 is 5.32 Å². The fraction of sp³-hybridized carbons (Fsp3) is 0.500. The number of halogens is 1. The summed E-state index contributed by atoms with van der Waals surface area (Å²) in [6.45, 7) is 4.30. The highest BCUT2D eigenvalue weighted by Gasteiger charge is 2.17. The van der Waals surface area contributed by atoms with Crippen LogP contribution in [0, 0.1) is 10.1 Å². The first-order valence-corrected chi connectivity index (χ1v) is 5.32. The maximum absolute atomic E-state index is 10.5. The van der Waals surface area contributed by atoms with Crippen molar-refractivity contribution in [1.29, 1.82) is 0 Å². The van der Waals surface area contributed by atoms with Crippen LogP contribution in [0.2, 0.25) is 5.02 Å². The molecular formula is C10H14ClN3O3. The first kappa shape index (κ1) is 13.7. The summed E-state index contributed by atoms with van der Waals surface area (Å²) in [4.78, 5) is 13.9. The Hall–Kier alpha value is -1.40. The molecule has 6 nitrogen and oxygen atoms in total. The molecule has 0 saturated carbocycles. The van der Waals surface area contributed by atoms with Gasteiger partial charge in [0.2, 0.25) is 0 Å². The minimum atomic E-state index is -0.540. The number of nitrogens with zero attached hydrogens (tertiary/aromatic N) is 2. The molecule has 0 spiro atoms. The summed E-state index contributed by atoms with van der Waals surface area (Å²) in [6.07, 6.45) is 1.16. The van der Waals surface area contributed by atoms with E-state index in [1.54, 1.807) is 7.11 Å². The van der Waals surface area contributed by atoms with Gasteiger partial charge in [0.05, 0.1) is 15.5 Å². The molecular weight excluding hydrogens is 246 g/mol. The number of nitrogens with one attached hydrogen (secondary N) is 1. The predicted molar refractivity (Wildman–Crippen MR) is 65.5 cm³/mol.